The lowest BCUT2D eigenvalue weighted by Gasteiger charge is -2.16. The van der Waals surface area contributed by atoms with E-state index >= 15 is 0 Å². The van der Waals surface area contributed by atoms with Crippen LogP contribution in [-0.2, 0) is 4.79 Å². The van der Waals surface area contributed by atoms with Gasteiger partial charge in [-0.3, -0.25) is 9.59 Å². The summed E-state index contributed by atoms with van der Waals surface area (Å²) in [7, 11) is 0. The molecule has 104 valence electrons. The lowest BCUT2D eigenvalue weighted by molar-refractivity contribution is -0.110. The molecule has 0 fully saturated rings. The maximum Gasteiger partial charge on any atom is 0.286 e. The smallest absolute Gasteiger partial charge is 0.286 e. The highest BCUT2D eigenvalue weighted by molar-refractivity contribution is 5.97. The van der Waals surface area contributed by atoms with Crippen molar-refractivity contribution in [3.63, 3.8) is 0 Å². The second kappa shape index (κ2) is 6.10. The maximum atomic E-state index is 12.2. The van der Waals surface area contributed by atoms with Crippen LogP contribution in [0.25, 0.3) is 11.5 Å². The average Bonchev–Trinajstić information content (AvgIpc) is 2.94. The van der Waals surface area contributed by atoms with Crippen LogP contribution in [0, 0.1) is 5.92 Å². The highest BCUT2D eigenvalue weighted by Crippen LogP contribution is 2.18. The number of hydrogen-bond acceptors (Lipinski definition) is 5. The monoisotopic (exact) mass is 273 g/mol. The Morgan fingerprint density at radius 2 is 1.95 bits per heavy atom. The summed E-state index contributed by atoms with van der Waals surface area (Å²) in [6, 6.07) is 8.50. The van der Waals surface area contributed by atoms with E-state index < -0.39 is 6.04 Å². The second-order valence-corrected chi connectivity index (χ2v) is 4.65. The molecule has 1 amide bonds. The molecule has 0 bridgehead atoms. The first-order valence-electron chi connectivity index (χ1n) is 6.26. The molecule has 0 aliphatic rings. The zero-order valence-electron chi connectivity index (χ0n) is 11.2. The van der Waals surface area contributed by atoms with Crippen LogP contribution in [0.15, 0.2) is 34.7 Å². The largest absolute Gasteiger partial charge is 0.414 e. The van der Waals surface area contributed by atoms with Crippen LogP contribution in [0.4, 0.5) is 0 Å². The van der Waals surface area contributed by atoms with E-state index in [4.69, 9.17) is 4.42 Å². The van der Waals surface area contributed by atoms with Gasteiger partial charge in [0.1, 0.15) is 0 Å². The van der Waals surface area contributed by atoms with Crippen LogP contribution < -0.4 is 5.32 Å². The molecule has 0 radical (unpaired) electrons. The summed E-state index contributed by atoms with van der Waals surface area (Å²) in [5.74, 6) is -0.277. The zero-order chi connectivity index (χ0) is 14.5. The van der Waals surface area contributed by atoms with Crippen LogP contribution >= 0.6 is 0 Å². The molecule has 6 heteroatoms. The van der Waals surface area contributed by atoms with Crippen LogP contribution in [0.5, 0.6) is 0 Å². The van der Waals surface area contributed by atoms with Crippen molar-refractivity contribution in [2.24, 2.45) is 5.92 Å². The van der Waals surface area contributed by atoms with E-state index in [0.29, 0.717) is 6.41 Å². The predicted molar refractivity (Wildman–Crippen MR) is 71.9 cm³/mol. The van der Waals surface area contributed by atoms with Crippen LogP contribution in [-0.4, -0.2) is 28.4 Å². The van der Waals surface area contributed by atoms with Crippen molar-refractivity contribution >= 4 is 12.2 Å². The van der Waals surface area contributed by atoms with Gasteiger partial charge in [0.05, 0.1) is 6.04 Å². The first-order valence-corrected chi connectivity index (χ1v) is 6.26. The molecule has 0 saturated carbocycles. The molecule has 0 spiro atoms. The van der Waals surface area contributed by atoms with E-state index in [1.54, 1.807) is 0 Å². The molecule has 1 heterocycles. The number of nitrogens with zero attached hydrogens (tertiary/aromatic N) is 2. The first-order chi connectivity index (χ1) is 9.63. The summed E-state index contributed by atoms with van der Waals surface area (Å²) in [5, 5.41) is 10.1. The van der Waals surface area contributed by atoms with Crippen molar-refractivity contribution in [1.29, 1.82) is 0 Å². The van der Waals surface area contributed by atoms with Gasteiger partial charge in [0.2, 0.25) is 18.1 Å². The van der Waals surface area contributed by atoms with Crippen molar-refractivity contribution in [1.82, 2.24) is 15.5 Å². The predicted octanol–water partition coefficient (Wildman–Crippen LogP) is 1.69. The van der Waals surface area contributed by atoms with Crippen LogP contribution in [0.2, 0.25) is 0 Å². The Hall–Kier alpha value is -2.50. The number of aromatic nitrogens is 2. The fraction of sp³-hybridized carbons (Fsp3) is 0.286. The molecular weight excluding hydrogens is 258 g/mol. The number of ketones is 1. The minimum absolute atomic E-state index is 0.0697. The highest BCUT2D eigenvalue weighted by Gasteiger charge is 2.27. The van der Waals surface area contributed by atoms with Gasteiger partial charge in [-0.05, 0) is 18.1 Å². The van der Waals surface area contributed by atoms with Crippen LogP contribution in [0.1, 0.15) is 24.5 Å². The van der Waals surface area contributed by atoms with Gasteiger partial charge in [-0.2, -0.15) is 0 Å². The van der Waals surface area contributed by atoms with E-state index in [1.807, 2.05) is 44.2 Å². The number of nitrogens with one attached hydrogen (secondary N) is 1. The van der Waals surface area contributed by atoms with Gasteiger partial charge in [-0.15, -0.1) is 10.2 Å². The van der Waals surface area contributed by atoms with Crippen molar-refractivity contribution in [2.75, 3.05) is 0 Å². The number of hydrogen-bond donors (Lipinski definition) is 1. The van der Waals surface area contributed by atoms with Gasteiger partial charge in [-0.1, -0.05) is 32.0 Å². The molecule has 1 unspecified atom stereocenters. The lowest BCUT2D eigenvalue weighted by atomic mass is 10.0. The van der Waals surface area contributed by atoms with Crippen molar-refractivity contribution in [2.45, 2.75) is 19.9 Å². The number of carbonyl (C=O) groups excluding carboxylic acids is 2. The molecule has 20 heavy (non-hydrogen) atoms. The van der Waals surface area contributed by atoms with E-state index in [-0.39, 0.29) is 23.5 Å². The van der Waals surface area contributed by atoms with E-state index in [9.17, 15) is 9.59 Å². The van der Waals surface area contributed by atoms with Crippen molar-refractivity contribution in [3.05, 3.63) is 36.2 Å². The van der Waals surface area contributed by atoms with Gasteiger partial charge < -0.3 is 9.73 Å². The van der Waals surface area contributed by atoms with Gasteiger partial charge >= 0.3 is 0 Å². The lowest BCUT2D eigenvalue weighted by Crippen LogP contribution is -2.40. The van der Waals surface area contributed by atoms with E-state index in [1.165, 1.54) is 0 Å². The molecule has 0 aliphatic heterocycles. The Morgan fingerprint density at radius 1 is 1.25 bits per heavy atom. The molecule has 0 saturated heterocycles. The number of carbonyl (C=O) groups is 2. The molecule has 1 atom stereocenters. The maximum absolute atomic E-state index is 12.2. The summed E-state index contributed by atoms with van der Waals surface area (Å²) in [4.78, 5) is 22.8. The Morgan fingerprint density at radius 3 is 2.55 bits per heavy atom. The van der Waals surface area contributed by atoms with Crippen molar-refractivity contribution < 1.29 is 14.0 Å². The van der Waals surface area contributed by atoms with Gasteiger partial charge in [-0.25, -0.2) is 0 Å². The third kappa shape index (κ3) is 2.90. The number of amides is 1. The summed E-state index contributed by atoms with van der Waals surface area (Å²) in [6.45, 7) is 3.65. The topological polar surface area (TPSA) is 85.1 Å². The first kappa shape index (κ1) is 13.9. The summed E-state index contributed by atoms with van der Waals surface area (Å²) >= 11 is 0. The molecule has 1 aromatic heterocycles. The fourth-order valence-corrected chi connectivity index (χ4v) is 1.80. The second-order valence-electron chi connectivity index (χ2n) is 4.65. The molecular formula is C14H15N3O3. The van der Waals surface area contributed by atoms with E-state index in [2.05, 4.69) is 15.5 Å². The van der Waals surface area contributed by atoms with Gasteiger partial charge in [0.25, 0.3) is 5.89 Å². The molecule has 2 aromatic rings. The molecule has 1 aromatic carbocycles. The summed E-state index contributed by atoms with van der Waals surface area (Å²) in [6.07, 6.45) is 0.497. The quantitative estimate of drug-likeness (QED) is 0.639. The fourth-order valence-electron chi connectivity index (χ4n) is 1.80. The molecule has 6 nitrogen and oxygen atoms in total. The molecule has 0 aliphatic carbocycles. The highest BCUT2D eigenvalue weighted by atomic mass is 16.4. The molecule has 1 N–H and O–H groups in total. The number of Topliss-reactive ketones (excluding diaryl/α,β-unsaturated/α-hetero) is 1. The summed E-state index contributed by atoms with van der Waals surface area (Å²) < 4.78 is 5.38. The SMILES string of the molecule is CC(C)C(NC=O)C(=O)c1nnc(-c2ccccc2)o1. The Labute approximate surface area is 116 Å². The Bertz CT molecular complexity index is 593. The minimum Gasteiger partial charge on any atom is -0.414 e. The number of rotatable bonds is 6. The number of benzene rings is 1. The minimum atomic E-state index is -0.670. The normalized spacial score (nSPS) is 12.2. The standard InChI is InChI=1S/C14H15N3O3/c1-9(2)11(15-8-18)12(19)14-17-16-13(20-14)10-6-4-3-5-7-10/h3-9,11H,1-2H3,(H,15,18). The summed E-state index contributed by atoms with van der Waals surface area (Å²) in [5.41, 5.74) is 0.739. The Balaban J connectivity index is 2.24. The van der Waals surface area contributed by atoms with Gasteiger partial charge in [0, 0.05) is 5.56 Å². The van der Waals surface area contributed by atoms with Crippen LogP contribution in [0.3, 0.4) is 0 Å². The van der Waals surface area contributed by atoms with Gasteiger partial charge in [0.15, 0.2) is 0 Å². The zero-order valence-corrected chi connectivity index (χ0v) is 11.2. The third-order valence-corrected chi connectivity index (χ3v) is 2.85. The van der Waals surface area contributed by atoms with Crippen molar-refractivity contribution in [3.8, 4) is 11.5 Å². The molecule has 2 rings (SSSR count). The van der Waals surface area contributed by atoms with E-state index in [0.717, 1.165) is 5.56 Å². The average molecular weight is 273 g/mol. The Kier molecular flexibility index (Phi) is 4.24. The third-order valence-electron chi connectivity index (χ3n) is 2.85.